The number of nitrogen functional groups attached to an aromatic ring is 1. The SMILES string of the molecule is C=C=C.C=C=C=C=C.C=C=C=C=C=C=C=C.CC(=O)OCCCS(=O)c1sc2nc(-c3cccs3)cc(-c3ccccc3)c2c1N. The van der Waals surface area contributed by atoms with Crippen LogP contribution in [-0.2, 0) is 20.3 Å². The molecule has 5 nitrogen and oxygen atoms in total. The zero-order valence-electron chi connectivity index (χ0n) is 25.5. The maximum atomic E-state index is 12.9. The molecule has 46 heavy (non-hydrogen) atoms. The molecule has 4 aromatic rings. The molecule has 1 unspecified atom stereocenters. The average molecular weight is 661 g/mol. The van der Waals surface area contributed by atoms with Crippen molar-refractivity contribution in [2.24, 2.45) is 0 Å². The van der Waals surface area contributed by atoms with Crippen molar-refractivity contribution in [2.45, 2.75) is 17.6 Å². The molecule has 2 N–H and O–H groups in total. The van der Waals surface area contributed by atoms with E-state index in [-0.39, 0.29) is 12.6 Å². The third-order valence-electron chi connectivity index (χ3n) is 5.05. The molecule has 3 heterocycles. The first-order chi connectivity index (χ1) is 22.3. The van der Waals surface area contributed by atoms with Crippen molar-refractivity contribution in [1.82, 2.24) is 4.98 Å². The number of carbonyl (C=O) groups is 1. The van der Waals surface area contributed by atoms with Crippen LogP contribution in [0.5, 0.6) is 0 Å². The normalized spacial score (nSPS) is 9.07. The zero-order valence-corrected chi connectivity index (χ0v) is 28.0. The van der Waals surface area contributed by atoms with Crippen LogP contribution in [-0.4, -0.2) is 27.5 Å². The molecule has 0 aliphatic carbocycles. The number of nitrogens with zero attached hydrogens (tertiary/aromatic N) is 1. The molecule has 0 amide bonds. The molecule has 4 rings (SSSR count). The van der Waals surface area contributed by atoms with E-state index in [9.17, 15) is 9.00 Å². The lowest BCUT2D eigenvalue weighted by Crippen LogP contribution is -2.06. The van der Waals surface area contributed by atoms with Crippen molar-refractivity contribution < 1.29 is 13.7 Å². The summed E-state index contributed by atoms with van der Waals surface area (Å²) in [4.78, 5) is 17.6. The molecule has 3 aromatic heterocycles. The lowest BCUT2D eigenvalue weighted by molar-refractivity contribution is -0.140. The molecule has 0 radical (unpaired) electrons. The van der Waals surface area contributed by atoms with Crippen LogP contribution in [0.4, 0.5) is 5.69 Å². The number of thiophene rings is 2. The summed E-state index contributed by atoms with van der Waals surface area (Å²) < 4.78 is 18.5. The molecule has 1 atom stereocenters. The van der Waals surface area contributed by atoms with Crippen molar-refractivity contribution in [3.8, 4) is 21.7 Å². The van der Waals surface area contributed by atoms with E-state index >= 15 is 0 Å². The summed E-state index contributed by atoms with van der Waals surface area (Å²) in [5.41, 5.74) is 33.7. The highest BCUT2D eigenvalue weighted by Crippen LogP contribution is 2.43. The van der Waals surface area contributed by atoms with Crippen molar-refractivity contribution in [2.75, 3.05) is 18.1 Å². The molecule has 8 heteroatoms. The first-order valence-corrected chi connectivity index (χ1v) is 16.3. The summed E-state index contributed by atoms with van der Waals surface area (Å²) in [7, 11) is -1.29. The van der Waals surface area contributed by atoms with E-state index in [1.807, 2.05) is 47.8 Å². The second-order valence-corrected chi connectivity index (χ2v) is 11.9. The fourth-order valence-corrected chi connectivity index (χ4v) is 6.69. The van der Waals surface area contributed by atoms with Crippen LogP contribution in [0.2, 0.25) is 0 Å². The monoisotopic (exact) mass is 660 g/mol. The Kier molecular flexibility index (Phi) is 19.2. The van der Waals surface area contributed by atoms with Crippen LogP contribution in [0.1, 0.15) is 13.3 Å². The second kappa shape index (κ2) is 22.9. The summed E-state index contributed by atoms with van der Waals surface area (Å²) in [6.07, 6.45) is 0.513. The first-order valence-electron chi connectivity index (χ1n) is 13.3. The summed E-state index contributed by atoms with van der Waals surface area (Å²) in [6, 6.07) is 16.1. The number of nitrogens with two attached hydrogens (primary N) is 1. The number of anilines is 1. The lowest BCUT2D eigenvalue weighted by Gasteiger charge is -2.08. The van der Waals surface area contributed by atoms with Crippen LogP contribution in [0.3, 0.4) is 0 Å². The van der Waals surface area contributed by atoms with E-state index in [2.05, 4.69) is 103 Å². The number of pyridine rings is 1. The van der Waals surface area contributed by atoms with Gasteiger partial charge in [0.1, 0.15) is 9.04 Å². The number of ether oxygens (including phenoxy) is 1. The summed E-state index contributed by atoms with van der Waals surface area (Å²) in [5.74, 6) is 0.0444. The maximum Gasteiger partial charge on any atom is 0.302 e. The van der Waals surface area contributed by atoms with Gasteiger partial charge in [0.15, 0.2) is 0 Å². The summed E-state index contributed by atoms with van der Waals surface area (Å²) >= 11 is 3.01. The number of fused-ring (bicyclic) bond motifs is 1. The lowest BCUT2D eigenvalue weighted by atomic mass is 10.0. The van der Waals surface area contributed by atoms with Gasteiger partial charge in [0.05, 0.1) is 33.7 Å². The van der Waals surface area contributed by atoms with Gasteiger partial charge in [0.25, 0.3) is 0 Å². The minimum atomic E-state index is -1.29. The quantitative estimate of drug-likeness (QED) is 0.121. The minimum Gasteiger partial charge on any atom is -0.466 e. The van der Waals surface area contributed by atoms with Crippen LogP contribution in [0.25, 0.3) is 31.9 Å². The molecule has 0 aliphatic rings. The Morgan fingerprint density at radius 2 is 1.52 bits per heavy atom. The fourth-order valence-electron chi connectivity index (χ4n) is 3.38. The largest absolute Gasteiger partial charge is 0.466 e. The predicted molar refractivity (Wildman–Crippen MR) is 194 cm³/mol. The fraction of sp³-hybridized carbons (Fsp3) is 0.105. The highest BCUT2D eigenvalue weighted by atomic mass is 32.2. The van der Waals surface area contributed by atoms with E-state index < -0.39 is 10.8 Å². The Morgan fingerprint density at radius 3 is 2.02 bits per heavy atom. The Morgan fingerprint density at radius 1 is 0.913 bits per heavy atom. The molecule has 0 bridgehead atoms. The third-order valence-corrected chi connectivity index (χ3v) is 8.94. The average Bonchev–Trinajstić information content (AvgIpc) is 3.71. The molecular formula is C38H32N2O3S3. The van der Waals surface area contributed by atoms with E-state index in [1.165, 1.54) is 18.3 Å². The number of carbonyl (C=O) groups excluding carboxylic acids is 1. The van der Waals surface area contributed by atoms with Crippen molar-refractivity contribution >= 4 is 55.3 Å². The standard InChI is InChI=1S/C22H20N2O3S3.C8H4.C5H4.C3H4/c1-14(25)27-10-6-12-30(26)22-20(23)19-16(15-7-3-2-4-8-15)13-17(24-21(19)29-22)18-9-5-11-28-18;1-3-5-7-8-6-4-2;1-3-5-4-2;1-3-2/h2-5,7-9,11,13H,6,10,12,23H2,1H3;1-2H2;1-2H2;1-2H2. The van der Waals surface area contributed by atoms with Crippen LogP contribution >= 0.6 is 22.7 Å². The highest BCUT2D eigenvalue weighted by Gasteiger charge is 2.21. The van der Waals surface area contributed by atoms with Crippen molar-refractivity contribution in [1.29, 1.82) is 0 Å². The number of rotatable bonds is 7. The van der Waals surface area contributed by atoms with Crippen LogP contribution in [0, 0.1) is 0 Å². The zero-order chi connectivity index (χ0) is 34.2. The molecular weight excluding hydrogens is 629 g/mol. The molecule has 0 saturated heterocycles. The van der Waals surface area contributed by atoms with Crippen LogP contribution in [0.15, 0.2) is 155 Å². The number of hydrogen-bond acceptors (Lipinski definition) is 7. The van der Waals surface area contributed by atoms with E-state index in [0.29, 0.717) is 22.1 Å². The van der Waals surface area contributed by atoms with Gasteiger partial charge >= 0.3 is 5.97 Å². The van der Waals surface area contributed by atoms with Gasteiger partial charge in [-0.3, -0.25) is 9.00 Å². The highest BCUT2D eigenvalue weighted by molar-refractivity contribution is 7.87. The molecule has 230 valence electrons. The second-order valence-electron chi connectivity index (χ2n) is 8.21. The van der Waals surface area contributed by atoms with Gasteiger partial charge in [-0.25, -0.2) is 4.98 Å². The van der Waals surface area contributed by atoms with Crippen molar-refractivity contribution in [3.05, 3.63) is 151 Å². The summed E-state index contributed by atoms with van der Waals surface area (Å²) in [6.45, 7) is 20.8. The Balaban J connectivity index is 0.000000550. The van der Waals surface area contributed by atoms with E-state index in [0.717, 1.165) is 31.9 Å². The number of esters is 1. The smallest absolute Gasteiger partial charge is 0.302 e. The topological polar surface area (TPSA) is 82.3 Å². The van der Waals surface area contributed by atoms with Crippen molar-refractivity contribution in [3.63, 3.8) is 0 Å². The molecule has 0 saturated carbocycles. The third kappa shape index (κ3) is 13.4. The molecule has 0 fully saturated rings. The maximum absolute atomic E-state index is 12.9. The van der Waals surface area contributed by atoms with E-state index in [4.69, 9.17) is 15.5 Å². The van der Waals surface area contributed by atoms with Gasteiger partial charge in [-0.15, -0.1) is 28.4 Å². The van der Waals surface area contributed by atoms with Gasteiger partial charge in [0.2, 0.25) is 0 Å². The van der Waals surface area contributed by atoms with Gasteiger partial charge in [-0.05, 0) is 90.0 Å². The Labute approximate surface area is 280 Å². The van der Waals surface area contributed by atoms with Gasteiger partial charge in [0, 0.05) is 18.1 Å². The number of hydrogen-bond donors (Lipinski definition) is 1. The number of aromatic nitrogens is 1. The van der Waals surface area contributed by atoms with E-state index in [1.54, 1.807) is 11.3 Å². The Hall–Kier alpha value is -5.53. The minimum absolute atomic E-state index is 0.252. The molecule has 0 spiro atoms. The first kappa shape index (κ1) is 38.5. The molecule has 0 aliphatic heterocycles. The predicted octanol–water partition coefficient (Wildman–Crippen LogP) is 9.29. The van der Waals surface area contributed by atoms with Gasteiger partial charge < -0.3 is 10.5 Å². The van der Waals surface area contributed by atoms with Crippen LogP contribution < -0.4 is 5.73 Å². The Bertz CT molecular complexity index is 1970. The summed E-state index contributed by atoms with van der Waals surface area (Å²) in [5, 5.41) is 2.87. The van der Waals surface area contributed by atoms with Gasteiger partial charge in [-0.2, -0.15) is 0 Å². The molecule has 1 aromatic carbocycles. The number of benzene rings is 1. The van der Waals surface area contributed by atoms with Gasteiger partial charge in [-0.1, -0.05) is 72.5 Å².